The van der Waals surface area contributed by atoms with E-state index < -0.39 is 17.1 Å². The Balaban J connectivity index is 2.07. The number of rotatable bonds is 8. The highest BCUT2D eigenvalue weighted by atomic mass is 16.6. The summed E-state index contributed by atoms with van der Waals surface area (Å²) in [6, 6.07) is 8.44. The van der Waals surface area contributed by atoms with Crippen LogP contribution in [0.4, 0.5) is 10.5 Å². The van der Waals surface area contributed by atoms with Crippen molar-refractivity contribution in [3.05, 3.63) is 52.2 Å². The lowest BCUT2D eigenvalue weighted by Crippen LogP contribution is -2.35. The summed E-state index contributed by atoms with van der Waals surface area (Å²) in [4.78, 5) is 28.6. The molecule has 0 bridgehead atoms. The van der Waals surface area contributed by atoms with Crippen LogP contribution in [-0.4, -0.2) is 38.7 Å². The van der Waals surface area contributed by atoms with Crippen molar-refractivity contribution in [1.29, 1.82) is 0 Å². The minimum atomic E-state index is -1.19. The largest absolute Gasteiger partial charge is 0.468 e. The fraction of sp³-hybridized carbons (Fsp3) is 0.267. The summed E-state index contributed by atoms with van der Waals surface area (Å²) in [7, 11) is 0. The number of ether oxygens (including phenoxy) is 2. The molecule has 0 saturated heterocycles. The third-order valence-electron chi connectivity index (χ3n) is 2.96. The van der Waals surface area contributed by atoms with Gasteiger partial charge in [0.15, 0.2) is 0 Å². The smallest absolute Gasteiger partial charge is 0.404 e. The van der Waals surface area contributed by atoms with Crippen LogP contribution in [0.25, 0.3) is 0 Å². The SMILES string of the molecule is C[C@@H](COc1ncc([N+](=O)[O-])c(OCc2ccccc2)n1)NC(=O)O. The van der Waals surface area contributed by atoms with Crippen LogP contribution >= 0.6 is 0 Å². The second-order valence-electron chi connectivity index (χ2n) is 5.04. The summed E-state index contributed by atoms with van der Waals surface area (Å²) < 4.78 is 10.7. The van der Waals surface area contributed by atoms with Gasteiger partial charge in [0.1, 0.15) is 19.4 Å². The van der Waals surface area contributed by atoms with E-state index in [4.69, 9.17) is 14.6 Å². The van der Waals surface area contributed by atoms with Crippen LogP contribution in [0.15, 0.2) is 36.5 Å². The van der Waals surface area contributed by atoms with Crippen LogP contribution in [0.2, 0.25) is 0 Å². The predicted molar refractivity (Wildman–Crippen MR) is 85.6 cm³/mol. The molecule has 2 aromatic rings. The molecule has 0 radical (unpaired) electrons. The highest BCUT2D eigenvalue weighted by molar-refractivity contribution is 5.64. The zero-order valence-electron chi connectivity index (χ0n) is 13.3. The van der Waals surface area contributed by atoms with E-state index in [0.717, 1.165) is 11.8 Å². The quantitative estimate of drug-likeness (QED) is 0.546. The summed E-state index contributed by atoms with van der Waals surface area (Å²) in [6.07, 6.45) is -0.203. The van der Waals surface area contributed by atoms with Crippen LogP contribution in [0.3, 0.4) is 0 Å². The van der Waals surface area contributed by atoms with E-state index in [-0.39, 0.29) is 30.8 Å². The minimum Gasteiger partial charge on any atom is -0.468 e. The van der Waals surface area contributed by atoms with Gasteiger partial charge in [-0.2, -0.15) is 9.97 Å². The van der Waals surface area contributed by atoms with Gasteiger partial charge in [0.25, 0.3) is 0 Å². The Morgan fingerprint density at radius 2 is 2.08 bits per heavy atom. The number of aromatic nitrogens is 2. The van der Waals surface area contributed by atoms with Crippen LogP contribution in [0, 0.1) is 10.1 Å². The predicted octanol–water partition coefficient (Wildman–Crippen LogP) is 2.00. The topological polar surface area (TPSA) is 137 Å². The fourth-order valence-electron chi connectivity index (χ4n) is 1.82. The molecule has 0 aliphatic rings. The maximum absolute atomic E-state index is 11.1. The molecule has 1 aromatic carbocycles. The van der Waals surface area contributed by atoms with E-state index in [9.17, 15) is 14.9 Å². The maximum Gasteiger partial charge on any atom is 0.404 e. The van der Waals surface area contributed by atoms with Gasteiger partial charge in [0.2, 0.25) is 0 Å². The molecule has 132 valence electrons. The fourth-order valence-corrected chi connectivity index (χ4v) is 1.82. The zero-order chi connectivity index (χ0) is 18.2. The monoisotopic (exact) mass is 348 g/mol. The number of carboxylic acid groups (broad SMARTS) is 1. The normalized spacial score (nSPS) is 11.4. The number of nitro groups is 1. The van der Waals surface area contributed by atoms with Crippen molar-refractivity contribution in [3.63, 3.8) is 0 Å². The molecule has 1 heterocycles. The van der Waals surface area contributed by atoms with E-state index in [0.29, 0.717) is 0 Å². The van der Waals surface area contributed by atoms with E-state index in [1.807, 2.05) is 30.3 Å². The van der Waals surface area contributed by atoms with Crippen molar-refractivity contribution in [2.75, 3.05) is 6.61 Å². The first-order valence-electron chi connectivity index (χ1n) is 7.26. The second kappa shape index (κ2) is 8.43. The molecule has 0 fully saturated rings. The summed E-state index contributed by atoms with van der Waals surface area (Å²) in [6.45, 7) is 1.64. The summed E-state index contributed by atoms with van der Waals surface area (Å²) in [5.74, 6) is -0.224. The number of amides is 1. The molecule has 10 heteroatoms. The Morgan fingerprint density at radius 3 is 2.72 bits per heavy atom. The molecule has 10 nitrogen and oxygen atoms in total. The van der Waals surface area contributed by atoms with Gasteiger partial charge in [-0.1, -0.05) is 30.3 Å². The van der Waals surface area contributed by atoms with Crippen LogP contribution < -0.4 is 14.8 Å². The van der Waals surface area contributed by atoms with Gasteiger partial charge in [-0.05, 0) is 12.5 Å². The Morgan fingerprint density at radius 1 is 1.36 bits per heavy atom. The number of hydrogen-bond acceptors (Lipinski definition) is 7. The molecule has 0 saturated carbocycles. The molecule has 0 unspecified atom stereocenters. The summed E-state index contributed by atoms with van der Waals surface area (Å²) >= 11 is 0. The van der Waals surface area contributed by atoms with E-state index in [1.165, 1.54) is 0 Å². The number of carbonyl (C=O) groups is 1. The van der Waals surface area contributed by atoms with E-state index >= 15 is 0 Å². The molecule has 25 heavy (non-hydrogen) atoms. The molecule has 0 spiro atoms. The van der Waals surface area contributed by atoms with Gasteiger partial charge in [-0.25, -0.2) is 4.79 Å². The Kier molecular flexibility index (Phi) is 6.04. The summed E-state index contributed by atoms with van der Waals surface area (Å²) in [5, 5.41) is 21.9. The van der Waals surface area contributed by atoms with Crippen molar-refractivity contribution in [3.8, 4) is 11.9 Å². The number of nitrogens with zero attached hydrogens (tertiary/aromatic N) is 3. The maximum atomic E-state index is 11.1. The molecule has 1 atom stereocenters. The standard InChI is InChI=1S/C15H16N4O6/c1-10(17-15(20)21)8-25-14-16-7-12(19(22)23)13(18-14)24-9-11-5-3-2-4-6-11/h2-7,10,17H,8-9H2,1H3,(H,20,21)/t10-/m0/s1. The van der Waals surface area contributed by atoms with Crippen molar-refractivity contribution >= 4 is 11.8 Å². The van der Waals surface area contributed by atoms with Gasteiger partial charge >= 0.3 is 23.7 Å². The number of hydrogen-bond donors (Lipinski definition) is 2. The number of nitrogens with one attached hydrogen (secondary N) is 1. The zero-order valence-corrected chi connectivity index (χ0v) is 13.3. The van der Waals surface area contributed by atoms with Gasteiger partial charge in [0, 0.05) is 0 Å². The molecular weight excluding hydrogens is 332 g/mol. The lowest BCUT2D eigenvalue weighted by molar-refractivity contribution is -0.386. The molecule has 1 aromatic heterocycles. The van der Waals surface area contributed by atoms with Crippen LogP contribution in [0.1, 0.15) is 12.5 Å². The molecular formula is C15H16N4O6. The van der Waals surface area contributed by atoms with Gasteiger partial charge in [-0.3, -0.25) is 10.1 Å². The van der Waals surface area contributed by atoms with Gasteiger partial charge in [0.05, 0.1) is 11.0 Å². The Bertz CT molecular complexity index is 740. The van der Waals surface area contributed by atoms with Crippen molar-refractivity contribution < 1.29 is 24.3 Å². The molecule has 2 N–H and O–H groups in total. The van der Waals surface area contributed by atoms with Crippen molar-refractivity contribution in [2.45, 2.75) is 19.6 Å². The highest BCUT2D eigenvalue weighted by Crippen LogP contribution is 2.26. The first kappa shape index (κ1) is 17.9. The van der Waals surface area contributed by atoms with E-state index in [1.54, 1.807) is 6.92 Å². The van der Waals surface area contributed by atoms with Gasteiger partial charge in [-0.15, -0.1) is 0 Å². The number of benzene rings is 1. The van der Waals surface area contributed by atoms with Crippen molar-refractivity contribution in [2.24, 2.45) is 0 Å². The lowest BCUT2D eigenvalue weighted by Gasteiger charge is -2.12. The molecule has 1 amide bonds. The van der Waals surface area contributed by atoms with Crippen molar-refractivity contribution in [1.82, 2.24) is 15.3 Å². The lowest BCUT2D eigenvalue weighted by atomic mass is 10.2. The summed E-state index contributed by atoms with van der Waals surface area (Å²) in [5.41, 5.74) is 0.428. The molecule has 2 rings (SSSR count). The highest BCUT2D eigenvalue weighted by Gasteiger charge is 2.20. The Labute approximate surface area is 142 Å². The Hall–Kier alpha value is -3.43. The third kappa shape index (κ3) is 5.61. The van der Waals surface area contributed by atoms with E-state index in [2.05, 4.69) is 15.3 Å². The average Bonchev–Trinajstić information content (AvgIpc) is 2.58. The first-order valence-corrected chi connectivity index (χ1v) is 7.26. The first-order chi connectivity index (χ1) is 12.0. The van der Waals surface area contributed by atoms with Gasteiger partial charge < -0.3 is 19.9 Å². The molecule has 0 aliphatic heterocycles. The minimum absolute atomic E-state index is 0.0394. The molecule has 0 aliphatic carbocycles. The third-order valence-corrected chi connectivity index (χ3v) is 2.96. The average molecular weight is 348 g/mol. The van der Waals surface area contributed by atoms with Crippen LogP contribution in [0.5, 0.6) is 11.9 Å². The van der Waals surface area contributed by atoms with Crippen LogP contribution in [-0.2, 0) is 6.61 Å². The second-order valence-corrected chi connectivity index (χ2v) is 5.04.